The summed E-state index contributed by atoms with van der Waals surface area (Å²) in [4.78, 5) is 14.5. The molecule has 0 aliphatic heterocycles. The van der Waals surface area contributed by atoms with Crippen molar-refractivity contribution in [2.24, 2.45) is 0 Å². The summed E-state index contributed by atoms with van der Waals surface area (Å²) in [6.45, 7) is 0. The Morgan fingerprint density at radius 3 is 2.71 bits per heavy atom. The van der Waals surface area contributed by atoms with Crippen molar-refractivity contribution in [1.29, 1.82) is 0 Å². The van der Waals surface area contributed by atoms with E-state index in [4.69, 9.17) is 0 Å². The van der Waals surface area contributed by atoms with Crippen LogP contribution in [-0.2, 0) is 0 Å². The molecule has 4 aromatic heterocycles. The Morgan fingerprint density at radius 2 is 1.79 bits per heavy atom. The smallest absolute Gasteiger partial charge is 0.101 e. The van der Waals surface area contributed by atoms with Gasteiger partial charge in [0, 0.05) is 46.0 Å². The summed E-state index contributed by atoms with van der Waals surface area (Å²) >= 11 is 1.72. The second kappa shape index (κ2) is 5.25. The number of benzene rings is 1. The second-order valence-electron chi connectivity index (χ2n) is 5.54. The number of hydrogen-bond acceptors (Lipinski definition) is 4. The molecule has 0 bridgehead atoms. The fourth-order valence-corrected chi connectivity index (χ4v) is 3.82. The summed E-state index contributed by atoms with van der Waals surface area (Å²) in [5, 5.41) is 3.36. The van der Waals surface area contributed by atoms with Crippen molar-refractivity contribution >= 4 is 33.1 Å². The van der Waals surface area contributed by atoms with Crippen molar-refractivity contribution in [3.05, 3.63) is 73.6 Å². The third kappa shape index (κ3) is 2.10. The van der Waals surface area contributed by atoms with Gasteiger partial charge < -0.3 is 0 Å². The molecule has 5 rings (SSSR count). The Balaban J connectivity index is 1.64. The van der Waals surface area contributed by atoms with Crippen LogP contribution in [0.3, 0.4) is 0 Å². The molecule has 0 radical (unpaired) electrons. The summed E-state index contributed by atoms with van der Waals surface area (Å²) in [5.74, 6) is 0. The van der Waals surface area contributed by atoms with Crippen LogP contribution in [0.1, 0.15) is 0 Å². The van der Waals surface area contributed by atoms with E-state index in [1.807, 2.05) is 35.6 Å². The largest absolute Gasteiger partial charge is 0.298 e. The van der Waals surface area contributed by atoms with Crippen LogP contribution in [0.2, 0.25) is 0 Å². The lowest BCUT2D eigenvalue weighted by Gasteiger charge is -2.04. The molecule has 0 atom stereocenters. The van der Waals surface area contributed by atoms with Crippen LogP contribution in [0.15, 0.2) is 73.6 Å². The zero-order chi connectivity index (χ0) is 15.9. The van der Waals surface area contributed by atoms with Crippen LogP contribution in [0.4, 0.5) is 0 Å². The van der Waals surface area contributed by atoms with E-state index in [9.17, 15) is 0 Å². The molecule has 0 N–H and O–H groups in total. The molecule has 4 heterocycles. The summed E-state index contributed by atoms with van der Waals surface area (Å²) in [5.41, 5.74) is 3.02. The molecule has 0 fully saturated rings. The van der Waals surface area contributed by atoms with Gasteiger partial charge in [0.2, 0.25) is 0 Å². The Morgan fingerprint density at radius 1 is 0.875 bits per heavy atom. The minimum Gasteiger partial charge on any atom is -0.298 e. The molecule has 0 saturated heterocycles. The zero-order valence-electron chi connectivity index (χ0n) is 12.6. The predicted molar refractivity (Wildman–Crippen MR) is 97.5 cm³/mol. The van der Waals surface area contributed by atoms with E-state index in [-0.39, 0.29) is 0 Å². The maximum Gasteiger partial charge on any atom is 0.101 e. The van der Waals surface area contributed by atoms with Gasteiger partial charge in [-0.15, -0.1) is 11.3 Å². The van der Waals surface area contributed by atoms with Gasteiger partial charge in [-0.1, -0.05) is 18.2 Å². The minimum absolute atomic E-state index is 0.947. The van der Waals surface area contributed by atoms with Gasteiger partial charge in [0.15, 0.2) is 0 Å². The summed E-state index contributed by atoms with van der Waals surface area (Å²) in [6.07, 6.45) is 9.29. The molecule has 0 aliphatic carbocycles. The first-order valence-corrected chi connectivity index (χ1v) is 8.42. The fraction of sp³-hybridized carbons (Fsp3) is 0. The SMILES string of the molecule is c1cnc2c(c1)ccc1cc(-c3ccc(-n4ccnc4)s3)cnc12. The van der Waals surface area contributed by atoms with Crippen LogP contribution in [0.5, 0.6) is 0 Å². The number of hydrogen-bond donors (Lipinski definition) is 0. The molecule has 0 spiro atoms. The van der Waals surface area contributed by atoms with Crippen LogP contribution >= 0.6 is 11.3 Å². The minimum atomic E-state index is 0.947. The average Bonchev–Trinajstić information content (AvgIpc) is 3.32. The van der Waals surface area contributed by atoms with Gasteiger partial charge in [0.25, 0.3) is 0 Å². The molecule has 0 aliphatic rings. The molecule has 24 heavy (non-hydrogen) atoms. The molecular formula is C19H12N4S. The number of rotatable bonds is 2. The molecule has 114 valence electrons. The maximum absolute atomic E-state index is 4.68. The maximum atomic E-state index is 4.68. The van der Waals surface area contributed by atoms with Gasteiger partial charge in [0.1, 0.15) is 5.00 Å². The Bertz CT molecular complexity index is 1160. The van der Waals surface area contributed by atoms with E-state index in [0.717, 1.165) is 32.4 Å². The molecule has 5 aromatic rings. The molecule has 0 saturated carbocycles. The predicted octanol–water partition coefficient (Wildman–Crippen LogP) is 4.70. The van der Waals surface area contributed by atoms with Crippen molar-refractivity contribution < 1.29 is 0 Å². The number of nitrogens with zero attached hydrogens (tertiary/aromatic N) is 4. The van der Waals surface area contributed by atoms with Crippen LogP contribution in [0.25, 0.3) is 37.2 Å². The Hall–Kier alpha value is -3.05. The molecule has 5 heteroatoms. The Labute approximate surface area is 142 Å². The van der Waals surface area contributed by atoms with E-state index >= 15 is 0 Å². The second-order valence-corrected chi connectivity index (χ2v) is 6.61. The van der Waals surface area contributed by atoms with Crippen molar-refractivity contribution in [1.82, 2.24) is 19.5 Å². The summed E-state index contributed by atoms with van der Waals surface area (Å²) in [6, 6.07) is 14.6. The highest BCUT2D eigenvalue weighted by Crippen LogP contribution is 2.32. The third-order valence-electron chi connectivity index (χ3n) is 4.06. The van der Waals surface area contributed by atoms with Crippen LogP contribution in [-0.4, -0.2) is 19.5 Å². The fourth-order valence-electron chi connectivity index (χ4n) is 2.88. The summed E-state index contributed by atoms with van der Waals surface area (Å²) in [7, 11) is 0. The highest BCUT2D eigenvalue weighted by molar-refractivity contribution is 7.17. The highest BCUT2D eigenvalue weighted by Gasteiger charge is 2.08. The average molecular weight is 328 g/mol. The van der Waals surface area contributed by atoms with Crippen molar-refractivity contribution in [2.45, 2.75) is 0 Å². The lowest BCUT2D eigenvalue weighted by atomic mass is 10.1. The van der Waals surface area contributed by atoms with E-state index in [0.29, 0.717) is 0 Å². The van der Waals surface area contributed by atoms with E-state index in [1.54, 1.807) is 17.5 Å². The van der Waals surface area contributed by atoms with Crippen LogP contribution in [0, 0.1) is 0 Å². The molecular weight excluding hydrogens is 316 g/mol. The van der Waals surface area contributed by atoms with E-state index < -0.39 is 0 Å². The highest BCUT2D eigenvalue weighted by atomic mass is 32.1. The molecule has 1 aromatic carbocycles. The normalized spacial score (nSPS) is 11.3. The van der Waals surface area contributed by atoms with Gasteiger partial charge in [-0.2, -0.15) is 0 Å². The number of aromatic nitrogens is 4. The lowest BCUT2D eigenvalue weighted by molar-refractivity contribution is 1.09. The number of fused-ring (bicyclic) bond motifs is 3. The zero-order valence-corrected chi connectivity index (χ0v) is 13.4. The van der Waals surface area contributed by atoms with Crippen molar-refractivity contribution in [3.63, 3.8) is 0 Å². The van der Waals surface area contributed by atoms with Gasteiger partial charge in [-0.05, 0) is 24.3 Å². The van der Waals surface area contributed by atoms with Crippen molar-refractivity contribution in [3.8, 4) is 15.4 Å². The molecule has 0 amide bonds. The standard InChI is InChI=1S/C19H12N4S/c1-2-13-3-4-14-10-15(11-22-19(14)18(13)21-7-1)16-5-6-17(24-16)23-9-8-20-12-23/h1-12H. The Kier molecular flexibility index (Phi) is 2.93. The first kappa shape index (κ1) is 13.4. The number of thiophene rings is 1. The van der Waals surface area contributed by atoms with Gasteiger partial charge >= 0.3 is 0 Å². The monoisotopic (exact) mass is 328 g/mol. The first-order valence-electron chi connectivity index (χ1n) is 7.60. The summed E-state index contributed by atoms with van der Waals surface area (Å²) < 4.78 is 2.01. The molecule has 4 nitrogen and oxygen atoms in total. The van der Waals surface area contributed by atoms with Gasteiger partial charge in [-0.25, -0.2) is 4.98 Å². The number of imidazole rings is 1. The van der Waals surface area contributed by atoms with E-state index in [1.165, 1.54) is 4.88 Å². The van der Waals surface area contributed by atoms with Gasteiger partial charge in [-0.3, -0.25) is 14.5 Å². The van der Waals surface area contributed by atoms with Gasteiger partial charge in [0.05, 0.1) is 17.4 Å². The molecule has 0 unspecified atom stereocenters. The number of pyridine rings is 2. The first-order chi connectivity index (χ1) is 11.9. The van der Waals surface area contributed by atoms with Crippen molar-refractivity contribution in [2.75, 3.05) is 0 Å². The quantitative estimate of drug-likeness (QED) is 0.441. The topological polar surface area (TPSA) is 43.6 Å². The third-order valence-corrected chi connectivity index (χ3v) is 5.21. The lowest BCUT2D eigenvalue weighted by Crippen LogP contribution is -1.86. The van der Waals surface area contributed by atoms with E-state index in [2.05, 4.69) is 51.4 Å². The van der Waals surface area contributed by atoms with Crippen LogP contribution < -0.4 is 0 Å².